The molecule has 3 aliphatic rings. The van der Waals surface area contributed by atoms with Gasteiger partial charge in [-0.15, -0.1) is 0 Å². The topological polar surface area (TPSA) is 103 Å². The number of hydrazine groups is 1. The lowest BCUT2D eigenvalue weighted by atomic mass is 9.62. The van der Waals surface area contributed by atoms with Gasteiger partial charge in [-0.3, -0.25) is 10.2 Å². The first-order valence-electron chi connectivity index (χ1n) is 9.10. The number of likely N-dealkylation sites (N-methyl/N-ethyl adjacent to an activating group) is 1. The molecular formula is C19H23N5O2. The largest absolute Gasteiger partial charge is 0.458 e. The second kappa shape index (κ2) is 6.01. The van der Waals surface area contributed by atoms with Gasteiger partial charge in [-0.25, -0.2) is 5.43 Å². The SMILES string of the molecule is CCCC1NNC2OC(N)=C(C#N)C3(C(=O)N(CC)c4ccccc43)C12. The maximum atomic E-state index is 13.8. The smallest absolute Gasteiger partial charge is 0.243 e. The minimum Gasteiger partial charge on any atom is -0.458 e. The number of ether oxygens (including phenoxy) is 1. The quantitative estimate of drug-likeness (QED) is 0.755. The Morgan fingerprint density at radius 2 is 2.12 bits per heavy atom. The van der Waals surface area contributed by atoms with Crippen molar-refractivity contribution in [2.75, 3.05) is 11.4 Å². The number of nitrogens with two attached hydrogens (primary N) is 1. The molecule has 0 bridgehead atoms. The van der Waals surface area contributed by atoms with Crippen molar-refractivity contribution < 1.29 is 9.53 Å². The van der Waals surface area contributed by atoms with E-state index in [1.807, 2.05) is 31.2 Å². The fourth-order valence-electron chi connectivity index (χ4n) is 4.83. The van der Waals surface area contributed by atoms with Gasteiger partial charge in [0.25, 0.3) is 0 Å². The Kier molecular flexibility index (Phi) is 3.90. The van der Waals surface area contributed by atoms with E-state index in [4.69, 9.17) is 10.5 Å². The van der Waals surface area contributed by atoms with Gasteiger partial charge in [0.05, 0.1) is 5.92 Å². The average Bonchev–Trinajstić information content (AvgIpc) is 3.14. The lowest BCUT2D eigenvalue weighted by Crippen LogP contribution is -2.57. The number of hydrogen-bond donors (Lipinski definition) is 3. The second-order valence-electron chi connectivity index (χ2n) is 6.97. The number of nitrogens with zero attached hydrogens (tertiary/aromatic N) is 2. The number of hydrogen-bond acceptors (Lipinski definition) is 6. The first kappa shape index (κ1) is 16.9. The summed E-state index contributed by atoms with van der Waals surface area (Å²) >= 11 is 0. The zero-order chi connectivity index (χ0) is 18.5. The molecule has 1 saturated heterocycles. The number of fused-ring (bicyclic) bond motifs is 4. The van der Waals surface area contributed by atoms with E-state index in [-0.39, 0.29) is 29.3 Å². The average molecular weight is 353 g/mol. The maximum Gasteiger partial charge on any atom is 0.243 e. The van der Waals surface area contributed by atoms with E-state index in [9.17, 15) is 10.1 Å². The maximum absolute atomic E-state index is 13.8. The number of carbonyl (C=O) groups is 1. The molecule has 26 heavy (non-hydrogen) atoms. The Labute approximate surface area is 152 Å². The van der Waals surface area contributed by atoms with Crippen molar-refractivity contribution in [3.63, 3.8) is 0 Å². The summed E-state index contributed by atoms with van der Waals surface area (Å²) in [7, 11) is 0. The van der Waals surface area contributed by atoms with Crippen LogP contribution >= 0.6 is 0 Å². The molecule has 1 aromatic carbocycles. The molecule has 3 aliphatic heterocycles. The summed E-state index contributed by atoms with van der Waals surface area (Å²) in [5, 5.41) is 9.95. The summed E-state index contributed by atoms with van der Waals surface area (Å²) < 4.78 is 5.80. The van der Waals surface area contributed by atoms with Crippen molar-refractivity contribution in [3.8, 4) is 6.07 Å². The summed E-state index contributed by atoms with van der Waals surface area (Å²) in [6, 6.07) is 9.90. The second-order valence-corrected chi connectivity index (χ2v) is 6.97. The molecule has 4 N–H and O–H groups in total. The van der Waals surface area contributed by atoms with Gasteiger partial charge < -0.3 is 15.4 Å². The fourth-order valence-corrected chi connectivity index (χ4v) is 4.83. The highest BCUT2D eigenvalue weighted by Crippen LogP contribution is 2.56. The van der Waals surface area contributed by atoms with Gasteiger partial charge in [-0.1, -0.05) is 31.5 Å². The third kappa shape index (κ3) is 1.91. The number of carbonyl (C=O) groups excluding carboxylic acids is 1. The summed E-state index contributed by atoms with van der Waals surface area (Å²) in [6.45, 7) is 4.58. The van der Waals surface area contributed by atoms with Crippen molar-refractivity contribution >= 4 is 11.6 Å². The summed E-state index contributed by atoms with van der Waals surface area (Å²) in [5.41, 5.74) is 13.3. The highest BCUT2D eigenvalue weighted by Gasteiger charge is 2.66. The van der Waals surface area contributed by atoms with Crippen LogP contribution in [0, 0.1) is 17.2 Å². The van der Waals surface area contributed by atoms with E-state index in [0.29, 0.717) is 6.54 Å². The third-order valence-electron chi connectivity index (χ3n) is 5.80. The van der Waals surface area contributed by atoms with Crippen molar-refractivity contribution in [2.45, 2.75) is 44.4 Å². The van der Waals surface area contributed by atoms with Crippen LogP contribution in [0.25, 0.3) is 0 Å². The molecule has 4 atom stereocenters. The van der Waals surface area contributed by atoms with Crippen LogP contribution in [-0.4, -0.2) is 24.7 Å². The zero-order valence-corrected chi connectivity index (χ0v) is 15.0. The molecular weight excluding hydrogens is 330 g/mol. The van der Waals surface area contributed by atoms with E-state index in [2.05, 4.69) is 23.8 Å². The van der Waals surface area contributed by atoms with Crippen LogP contribution in [0.15, 0.2) is 35.7 Å². The molecule has 3 heterocycles. The minimum absolute atomic E-state index is 0.00439. The third-order valence-corrected chi connectivity index (χ3v) is 5.80. The molecule has 0 aromatic heterocycles. The predicted octanol–water partition coefficient (Wildman–Crippen LogP) is 1.23. The van der Waals surface area contributed by atoms with Gasteiger partial charge in [0.2, 0.25) is 11.8 Å². The van der Waals surface area contributed by atoms with Gasteiger partial charge in [0.1, 0.15) is 17.1 Å². The highest BCUT2D eigenvalue weighted by atomic mass is 16.5. The van der Waals surface area contributed by atoms with Crippen LogP contribution in [0.4, 0.5) is 5.69 Å². The van der Waals surface area contributed by atoms with Crippen molar-refractivity contribution in [1.82, 2.24) is 10.9 Å². The molecule has 1 fully saturated rings. The van der Waals surface area contributed by atoms with Crippen LogP contribution < -0.4 is 21.5 Å². The molecule has 7 nitrogen and oxygen atoms in total. The van der Waals surface area contributed by atoms with E-state index in [1.165, 1.54) is 0 Å². The lowest BCUT2D eigenvalue weighted by Gasteiger charge is -2.42. The van der Waals surface area contributed by atoms with Gasteiger partial charge in [-0.2, -0.15) is 5.26 Å². The zero-order valence-electron chi connectivity index (χ0n) is 15.0. The van der Waals surface area contributed by atoms with E-state index < -0.39 is 11.6 Å². The standard InChI is InChI=1S/C19H23N5O2/c1-3-7-13-15-17(23-22-13)26-16(21)12(10-20)19(15)11-8-5-6-9-14(11)24(4-2)18(19)25/h5-6,8-9,13,15,17,22-23H,3-4,7,21H2,1-2H3. The van der Waals surface area contributed by atoms with Gasteiger partial charge in [-0.05, 0) is 25.0 Å². The molecule has 0 radical (unpaired) electrons. The fraction of sp³-hybridized carbons (Fsp3) is 0.474. The van der Waals surface area contributed by atoms with E-state index >= 15 is 0 Å². The summed E-state index contributed by atoms with van der Waals surface area (Å²) in [5.74, 6) is -0.318. The Morgan fingerprint density at radius 1 is 1.35 bits per heavy atom. The van der Waals surface area contributed by atoms with Crippen LogP contribution in [0.5, 0.6) is 0 Å². The van der Waals surface area contributed by atoms with E-state index in [1.54, 1.807) is 4.90 Å². The summed E-state index contributed by atoms with van der Waals surface area (Å²) in [4.78, 5) is 15.5. The number of nitriles is 1. The minimum atomic E-state index is -1.12. The number of amides is 1. The van der Waals surface area contributed by atoms with Crippen molar-refractivity contribution in [2.24, 2.45) is 11.7 Å². The van der Waals surface area contributed by atoms with Crippen LogP contribution in [0.3, 0.4) is 0 Å². The van der Waals surface area contributed by atoms with Crippen LogP contribution in [-0.2, 0) is 14.9 Å². The first-order chi connectivity index (χ1) is 12.6. The highest BCUT2D eigenvalue weighted by molar-refractivity contribution is 6.11. The first-order valence-corrected chi connectivity index (χ1v) is 9.10. The molecule has 1 aromatic rings. The van der Waals surface area contributed by atoms with Crippen molar-refractivity contribution in [3.05, 3.63) is 41.3 Å². The normalized spacial score (nSPS) is 32.4. The van der Waals surface area contributed by atoms with Gasteiger partial charge in [0, 0.05) is 18.3 Å². The van der Waals surface area contributed by atoms with Crippen LogP contribution in [0.2, 0.25) is 0 Å². The number of rotatable bonds is 3. The molecule has 4 rings (SSSR count). The lowest BCUT2D eigenvalue weighted by molar-refractivity contribution is -0.127. The number of nitrogens with one attached hydrogen (secondary N) is 2. The molecule has 7 heteroatoms. The molecule has 136 valence electrons. The Bertz CT molecular complexity index is 829. The molecule has 1 spiro atoms. The monoisotopic (exact) mass is 353 g/mol. The number of para-hydroxylation sites is 1. The molecule has 4 unspecified atom stereocenters. The Hall–Kier alpha value is -2.56. The predicted molar refractivity (Wildman–Crippen MR) is 96.3 cm³/mol. The Morgan fingerprint density at radius 3 is 2.81 bits per heavy atom. The van der Waals surface area contributed by atoms with Crippen molar-refractivity contribution in [1.29, 1.82) is 5.26 Å². The van der Waals surface area contributed by atoms with Crippen LogP contribution in [0.1, 0.15) is 32.3 Å². The molecule has 0 saturated carbocycles. The molecule has 0 aliphatic carbocycles. The van der Waals surface area contributed by atoms with Gasteiger partial charge >= 0.3 is 0 Å². The number of benzene rings is 1. The van der Waals surface area contributed by atoms with Gasteiger partial charge in [0.15, 0.2) is 6.23 Å². The Balaban J connectivity index is 2.02. The molecule has 1 amide bonds. The summed E-state index contributed by atoms with van der Waals surface area (Å²) in [6.07, 6.45) is 1.35. The van der Waals surface area contributed by atoms with E-state index in [0.717, 1.165) is 24.1 Å². The number of anilines is 1.